The topological polar surface area (TPSA) is 93.3 Å². The number of anilines is 1. The number of fused-ring (bicyclic) bond motifs is 1. The van der Waals surface area contributed by atoms with E-state index in [4.69, 9.17) is 4.42 Å². The van der Waals surface area contributed by atoms with Crippen LogP contribution < -0.4 is 16.4 Å². The Hall–Kier alpha value is -3.35. The number of nitrogens with zero attached hydrogens (tertiary/aromatic N) is 1. The Balaban J connectivity index is 1.71. The maximum Gasteiger partial charge on any atom is 0.419 e. The maximum atomic E-state index is 12.5. The number of carbonyl (C=O) groups is 2. The quantitative estimate of drug-likeness (QED) is 0.710. The van der Waals surface area contributed by atoms with E-state index in [0.717, 1.165) is 0 Å². The molecule has 3 aromatic rings. The molecule has 2 N–H and O–H groups in total. The van der Waals surface area contributed by atoms with Gasteiger partial charge in [0.2, 0.25) is 5.91 Å². The highest BCUT2D eigenvalue weighted by Gasteiger charge is 2.19. The molecule has 7 heteroatoms. The van der Waals surface area contributed by atoms with Gasteiger partial charge in [0, 0.05) is 18.5 Å². The SMILES string of the molecule is CC(C)(C)NC(=O)c1ccccc1NC(=O)CCn1c(=O)oc2ccccc21. The van der Waals surface area contributed by atoms with Gasteiger partial charge in [-0.2, -0.15) is 0 Å². The van der Waals surface area contributed by atoms with Crippen molar-refractivity contribution in [1.82, 2.24) is 9.88 Å². The molecule has 0 fully saturated rings. The summed E-state index contributed by atoms with van der Waals surface area (Å²) in [7, 11) is 0. The summed E-state index contributed by atoms with van der Waals surface area (Å²) < 4.78 is 6.59. The van der Waals surface area contributed by atoms with Crippen molar-refractivity contribution in [1.29, 1.82) is 0 Å². The summed E-state index contributed by atoms with van der Waals surface area (Å²) in [6.07, 6.45) is 0.0681. The van der Waals surface area contributed by atoms with Gasteiger partial charge in [0.25, 0.3) is 5.91 Å². The van der Waals surface area contributed by atoms with E-state index >= 15 is 0 Å². The second-order valence-corrected chi connectivity index (χ2v) is 7.54. The predicted octanol–water partition coefficient (Wildman–Crippen LogP) is 3.15. The molecule has 0 saturated heterocycles. The van der Waals surface area contributed by atoms with E-state index in [9.17, 15) is 14.4 Å². The van der Waals surface area contributed by atoms with Gasteiger partial charge < -0.3 is 15.1 Å². The number of hydrogen-bond donors (Lipinski definition) is 2. The highest BCUT2D eigenvalue weighted by atomic mass is 16.4. The van der Waals surface area contributed by atoms with E-state index in [1.807, 2.05) is 20.8 Å². The Bertz CT molecular complexity index is 1070. The molecule has 0 aliphatic heterocycles. The van der Waals surface area contributed by atoms with Crippen molar-refractivity contribution in [3.63, 3.8) is 0 Å². The van der Waals surface area contributed by atoms with Gasteiger partial charge in [0.15, 0.2) is 5.58 Å². The molecule has 0 radical (unpaired) electrons. The summed E-state index contributed by atoms with van der Waals surface area (Å²) in [5.41, 5.74) is 1.55. The summed E-state index contributed by atoms with van der Waals surface area (Å²) in [4.78, 5) is 36.9. The number of oxazole rings is 1. The number of nitrogens with one attached hydrogen (secondary N) is 2. The number of carbonyl (C=O) groups excluding carboxylic acids is 2. The minimum Gasteiger partial charge on any atom is -0.408 e. The molecule has 3 rings (SSSR count). The predicted molar refractivity (Wildman–Crippen MR) is 107 cm³/mol. The normalized spacial score (nSPS) is 11.4. The molecule has 0 bridgehead atoms. The third-order valence-electron chi connectivity index (χ3n) is 4.07. The molecule has 2 amide bonds. The lowest BCUT2D eigenvalue weighted by Gasteiger charge is -2.21. The van der Waals surface area contributed by atoms with Crippen molar-refractivity contribution >= 4 is 28.6 Å². The van der Waals surface area contributed by atoms with Crippen LogP contribution >= 0.6 is 0 Å². The molecule has 1 heterocycles. The molecule has 146 valence electrons. The Morgan fingerprint density at radius 2 is 1.71 bits per heavy atom. The molecule has 0 aliphatic rings. The zero-order valence-corrected chi connectivity index (χ0v) is 16.1. The van der Waals surface area contributed by atoms with Crippen LogP contribution in [0.25, 0.3) is 11.1 Å². The minimum atomic E-state index is -0.501. The first-order valence-electron chi connectivity index (χ1n) is 9.04. The van der Waals surface area contributed by atoms with Crippen molar-refractivity contribution in [2.75, 3.05) is 5.32 Å². The molecule has 28 heavy (non-hydrogen) atoms. The van der Waals surface area contributed by atoms with Crippen LogP contribution in [-0.2, 0) is 11.3 Å². The Labute approximate surface area is 162 Å². The maximum absolute atomic E-state index is 12.5. The van der Waals surface area contributed by atoms with Gasteiger partial charge in [-0.3, -0.25) is 14.2 Å². The van der Waals surface area contributed by atoms with E-state index in [-0.39, 0.29) is 24.8 Å². The van der Waals surface area contributed by atoms with E-state index in [2.05, 4.69) is 10.6 Å². The van der Waals surface area contributed by atoms with Crippen LogP contribution in [0.2, 0.25) is 0 Å². The third-order valence-corrected chi connectivity index (χ3v) is 4.07. The van der Waals surface area contributed by atoms with Gasteiger partial charge in [-0.1, -0.05) is 24.3 Å². The third kappa shape index (κ3) is 4.49. The molecule has 0 atom stereocenters. The number of hydrogen-bond acceptors (Lipinski definition) is 4. The fourth-order valence-corrected chi connectivity index (χ4v) is 2.85. The summed E-state index contributed by atoms with van der Waals surface area (Å²) in [5, 5.41) is 5.64. The van der Waals surface area contributed by atoms with Crippen molar-refractivity contribution in [2.45, 2.75) is 39.3 Å². The van der Waals surface area contributed by atoms with Gasteiger partial charge in [0.1, 0.15) is 0 Å². The van der Waals surface area contributed by atoms with Crippen LogP contribution in [0.4, 0.5) is 5.69 Å². The van der Waals surface area contributed by atoms with Crippen LogP contribution in [0.15, 0.2) is 57.7 Å². The lowest BCUT2D eigenvalue weighted by Crippen LogP contribution is -2.40. The molecule has 0 aliphatic carbocycles. The zero-order valence-electron chi connectivity index (χ0n) is 16.1. The van der Waals surface area contributed by atoms with Gasteiger partial charge in [0.05, 0.1) is 16.8 Å². The second-order valence-electron chi connectivity index (χ2n) is 7.54. The average Bonchev–Trinajstić information content (AvgIpc) is 2.94. The van der Waals surface area contributed by atoms with Gasteiger partial charge >= 0.3 is 5.76 Å². The van der Waals surface area contributed by atoms with Crippen LogP contribution in [0.3, 0.4) is 0 Å². The number of para-hydroxylation sites is 3. The number of aryl methyl sites for hydroxylation is 1. The number of aromatic nitrogens is 1. The first-order valence-corrected chi connectivity index (χ1v) is 9.04. The molecule has 7 nitrogen and oxygen atoms in total. The molecule has 0 unspecified atom stereocenters. The average molecular weight is 381 g/mol. The van der Waals surface area contributed by atoms with E-state index < -0.39 is 11.3 Å². The monoisotopic (exact) mass is 381 g/mol. The van der Waals surface area contributed by atoms with E-state index in [1.54, 1.807) is 48.5 Å². The first-order chi connectivity index (χ1) is 13.2. The van der Waals surface area contributed by atoms with Crippen LogP contribution in [0, 0.1) is 0 Å². The van der Waals surface area contributed by atoms with Crippen molar-refractivity contribution < 1.29 is 14.0 Å². The van der Waals surface area contributed by atoms with Crippen LogP contribution in [0.1, 0.15) is 37.6 Å². The lowest BCUT2D eigenvalue weighted by molar-refractivity contribution is -0.116. The summed E-state index contributed by atoms with van der Waals surface area (Å²) in [6.45, 7) is 5.84. The number of benzene rings is 2. The lowest BCUT2D eigenvalue weighted by atomic mass is 10.1. The van der Waals surface area contributed by atoms with Crippen molar-refractivity contribution in [3.8, 4) is 0 Å². The van der Waals surface area contributed by atoms with Gasteiger partial charge in [-0.25, -0.2) is 4.79 Å². The largest absolute Gasteiger partial charge is 0.419 e. The summed E-state index contributed by atoms with van der Waals surface area (Å²) in [6, 6.07) is 13.9. The molecular weight excluding hydrogens is 358 g/mol. The fraction of sp³-hybridized carbons (Fsp3) is 0.286. The highest BCUT2D eigenvalue weighted by Crippen LogP contribution is 2.17. The second kappa shape index (κ2) is 7.72. The van der Waals surface area contributed by atoms with Crippen molar-refractivity contribution in [3.05, 3.63) is 64.6 Å². The number of rotatable bonds is 5. The van der Waals surface area contributed by atoms with Gasteiger partial charge in [-0.05, 0) is 45.0 Å². The first kappa shape index (κ1) is 19.4. The Kier molecular flexibility index (Phi) is 5.35. The minimum absolute atomic E-state index is 0.0681. The Morgan fingerprint density at radius 1 is 1.04 bits per heavy atom. The molecular formula is C21H23N3O4. The van der Waals surface area contributed by atoms with Gasteiger partial charge in [-0.15, -0.1) is 0 Å². The van der Waals surface area contributed by atoms with Crippen LogP contribution in [-0.4, -0.2) is 21.9 Å². The Morgan fingerprint density at radius 3 is 2.46 bits per heavy atom. The zero-order chi connectivity index (χ0) is 20.3. The number of amides is 2. The van der Waals surface area contributed by atoms with Crippen LogP contribution in [0.5, 0.6) is 0 Å². The van der Waals surface area contributed by atoms with E-state index in [0.29, 0.717) is 22.4 Å². The summed E-state index contributed by atoms with van der Waals surface area (Å²) in [5.74, 6) is -1.06. The van der Waals surface area contributed by atoms with Crippen molar-refractivity contribution in [2.24, 2.45) is 0 Å². The molecule has 1 aromatic heterocycles. The molecule has 0 saturated carbocycles. The summed E-state index contributed by atoms with van der Waals surface area (Å²) >= 11 is 0. The van der Waals surface area contributed by atoms with E-state index in [1.165, 1.54) is 4.57 Å². The fourth-order valence-electron chi connectivity index (χ4n) is 2.85. The smallest absolute Gasteiger partial charge is 0.408 e. The standard InChI is InChI=1S/C21H23N3O4/c1-21(2,3)23-19(26)14-8-4-5-9-15(14)22-18(25)12-13-24-16-10-6-7-11-17(16)28-20(24)27/h4-11H,12-13H2,1-3H3,(H,22,25)(H,23,26). The molecule has 0 spiro atoms. The highest BCUT2D eigenvalue weighted by molar-refractivity contribution is 6.04. The molecule has 2 aromatic carbocycles.